The summed E-state index contributed by atoms with van der Waals surface area (Å²) < 4.78 is 14.7. The molecule has 0 spiro atoms. The monoisotopic (exact) mass is 422 g/mol. The average Bonchev–Trinajstić information content (AvgIpc) is 2.68. The van der Waals surface area contributed by atoms with E-state index in [1.54, 1.807) is 26.0 Å². The van der Waals surface area contributed by atoms with Crippen LogP contribution in [0, 0.1) is 5.82 Å². The molecule has 0 saturated heterocycles. The summed E-state index contributed by atoms with van der Waals surface area (Å²) in [6.45, 7) is 10.6. The standard InChI is InChI=1S/C24H19FO2S2/c1-14(2)23(26)28-19-9-7-16(8-10-19)17-5-6-18-11-20(29-24(27)15(3)4)13-22(25)21(18)12-17/h5-13H,1,3H2,2,4H3. The van der Waals surface area contributed by atoms with Gasteiger partial charge in [0, 0.05) is 15.2 Å². The van der Waals surface area contributed by atoms with Crippen LogP contribution in [-0.2, 0) is 9.59 Å². The molecule has 0 saturated carbocycles. The van der Waals surface area contributed by atoms with Gasteiger partial charge in [0.25, 0.3) is 0 Å². The maximum absolute atomic E-state index is 14.7. The summed E-state index contributed by atoms with van der Waals surface area (Å²) in [5, 5.41) is 0.975. The lowest BCUT2D eigenvalue weighted by atomic mass is 10.0. The van der Waals surface area contributed by atoms with Crippen molar-refractivity contribution in [1.82, 2.24) is 0 Å². The minimum absolute atomic E-state index is 0.0654. The van der Waals surface area contributed by atoms with Gasteiger partial charge in [-0.05, 0) is 95.4 Å². The molecule has 2 nitrogen and oxygen atoms in total. The second-order valence-corrected chi connectivity index (χ2v) is 8.80. The van der Waals surface area contributed by atoms with Gasteiger partial charge in [-0.25, -0.2) is 4.39 Å². The third-order valence-corrected chi connectivity index (χ3v) is 6.23. The average molecular weight is 423 g/mol. The first-order valence-corrected chi connectivity index (χ1v) is 10.5. The SMILES string of the molecule is C=C(C)C(=O)Sc1ccc(-c2ccc3cc(SC(=O)C(=C)C)cc(F)c3c2)cc1. The van der Waals surface area contributed by atoms with E-state index in [4.69, 9.17) is 0 Å². The van der Waals surface area contributed by atoms with E-state index in [1.165, 1.54) is 6.07 Å². The first-order chi connectivity index (χ1) is 13.7. The number of hydrogen-bond donors (Lipinski definition) is 0. The van der Waals surface area contributed by atoms with Gasteiger partial charge in [-0.2, -0.15) is 0 Å². The Morgan fingerprint density at radius 3 is 1.90 bits per heavy atom. The van der Waals surface area contributed by atoms with E-state index in [2.05, 4.69) is 13.2 Å². The Morgan fingerprint density at radius 1 is 0.759 bits per heavy atom. The third-order valence-electron chi connectivity index (χ3n) is 4.18. The Balaban J connectivity index is 1.88. The summed E-state index contributed by atoms with van der Waals surface area (Å²) in [5.74, 6) is -0.374. The van der Waals surface area contributed by atoms with E-state index < -0.39 is 0 Å². The van der Waals surface area contributed by atoms with Crippen LogP contribution in [0.4, 0.5) is 4.39 Å². The molecule has 5 heteroatoms. The summed E-state index contributed by atoms with van der Waals surface area (Å²) in [5.41, 5.74) is 2.73. The van der Waals surface area contributed by atoms with E-state index in [0.29, 0.717) is 21.4 Å². The highest BCUT2D eigenvalue weighted by Crippen LogP contribution is 2.32. The van der Waals surface area contributed by atoms with Crippen LogP contribution in [0.15, 0.2) is 88.7 Å². The van der Waals surface area contributed by atoms with Crippen LogP contribution in [0.5, 0.6) is 0 Å². The van der Waals surface area contributed by atoms with Crippen molar-refractivity contribution in [1.29, 1.82) is 0 Å². The smallest absolute Gasteiger partial charge is 0.219 e. The normalized spacial score (nSPS) is 10.7. The molecule has 0 unspecified atom stereocenters. The van der Waals surface area contributed by atoms with Gasteiger partial charge >= 0.3 is 0 Å². The Morgan fingerprint density at radius 2 is 1.31 bits per heavy atom. The fourth-order valence-corrected chi connectivity index (χ4v) is 4.03. The molecule has 3 aromatic carbocycles. The minimum Gasteiger partial charge on any atom is -0.282 e. The van der Waals surface area contributed by atoms with E-state index in [9.17, 15) is 14.0 Å². The molecule has 3 rings (SSSR count). The highest BCUT2D eigenvalue weighted by atomic mass is 32.2. The molecule has 0 fully saturated rings. The van der Waals surface area contributed by atoms with E-state index in [1.807, 2.05) is 36.4 Å². The van der Waals surface area contributed by atoms with Crippen molar-refractivity contribution in [2.75, 3.05) is 0 Å². The Kier molecular flexibility index (Phi) is 6.40. The van der Waals surface area contributed by atoms with Crippen molar-refractivity contribution in [2.24, 2.45) is 0 Å². The van der Waals surface area contributed by atoms with Crippen molar-refractivity contribution in [3.63, 3.8) is 0 Å². The first kappa shape index (κ1) is 21.1. The van der Waals surface area contributed by atoms with Gasteiger partial charge in [0.1, 0.15) is 5.82 Å². The summed E-state index contributed by atoms with van der Waals surface area (Å²) in [4.78, 5) is 25.0. The molecule has 146 valence electrons. The Bertz CT molecular complexity index is 1150. The summed E-state index contributed by atoms with van der Waals surface area (Å²) in [7, 11) is 0. The molecule has 29 heavy (non-hydrogen) atoms. The number of rotatable bonds is 5. The second kappa shape index (κ2) is 8.80. The van der Waals surface area contributed by atoms with Gasteiger partial charge in [-0.3, -0.25) is 9.59 Å². The molecule has 0 atom stereocenters. The van der Waals surface area contributed by atoms with E-state index >= 15 is 0 Å². The van der Waals surface area contributed by atoms with Crippen molar-refractivity contribution in [3.05, 3.63) is 84.7 Å². The molecule has 0 aromatic heterocycles. The van der Waals surface area contributed by atoms with E-state index in [-0.39, 0.29) is 16.0 Å². The lowest BCUT2D eigenvalue weighted by Crippen LogP contribution is -1.92. The van der Waals surface area contributed by atoms with Crippen molar-refractivity contribution in [3.8, 4) is 11.1 Å². The zero-order valence-electron chi connectivity index (χ0n) is 16.1. The Hall–Kier alpha value is -2.63. The lowest BCUT2D eigenvalue weighted by molar-refractivity contribution is -0.108. The van der Waals surface area contributed by atoms with Crippen LogP contribution in [0.3, 0.4) is 0 Å². The maximum Gasteiger partial charge on any atom is 0.219 e. The number of halogens is 1. The van der Waals surface area contributed by atoms with Crippen LogP contribution in [0.2, 0.25) is 0 Å². The number of thioether (sulfide) groups is 2. The number of fused-ring (bicyclic) bond motifs is 1. The molecular formula is C24H19FO2S2. The van der Waals surface area contributed by atoms with Gasteiger partial charge in [-0.1, -0.05) is 37.4 Å². The zero-order chi connectivity index (χ0) is 21.1. The summed E-state index contributed by atoms with van der Waals surface area (Å²) in [6.07, 6.45) is 0. The topological polar surface area (TPSA) is 34.1 Å². The molecule has 0 aliphatic heterocycles. The Labute approximate surface area is 177 Å². The van der Waals surface area contributed by atoms with Gasteiger partial charge in [0.05, 0.1) is 0 Å². The number of benzene rings is 3. The molecule has 0 radical (unpaired) electrons. The molecule has 0 heterocycles. The van der Waals surface area contributed by atoms with Gasteiger partial charge in [-0.15, -0.1) is 0 Å². The molecule has 0 N–H and O–H groups in total. The second-order valence-electron chi connectivity index (χ2n) is 6.71. The van der Waals surface area contributed by atoms with E-state index in [0.717, 1.165) is 44.9 Å². The molecule has 0 amide bonds. The predicted octanol–water partition coefficient (Wildman–Crippen LogP) is 7.04. The predicted molar refractivity (Wildman–Crippen MR) is 121 cm³/mol. The summed E-state index contributed by atoms with van der Waals surface area (Å²) in [6, 6.07) is 16.3. The number of carbonyl (C=O) groups is 2. The van der Waals surface area contributed by atoms with Crippen LogP contribution in [0.1, 0.15) is 13.8 Å². The highest BCUT2D eigenvalue weighted by Gasteiger charge is 2.11. The van der Waals surface area contributed by atoms with Crippen molar-refractivity contribution < 1.29 is 14.0 Å². The molecule has 0 aliphatic carbocycles. The van der Waals surface area contributed by atoms with Crippen molar-refractivity contribution in [2.45, 2.75) is 23.6 Å². The van der Waals surface area contributed by atoms with Crippen LogP contribution >= 0.6 is 23.5 Å². The molecule has 0 aliphatic rings. The van der Waals surface area contributed by atoms with Crippen LogP contribution < -0.4 is 0 Å². The molecular weight excluding hydrogens is 403 g/mol. The minimum atomic E-state index is -0.374. The fraction of sp³-hybridized carbons (Fsp3) is 0.0833. The molecule has 0 bridgehead atoms. The lowest BCUT2D eigenvalue weighted by Gasteiger charge is -2.08. The zero-order valence-corrected chi connectivity index (χ0v) is 17.8. The first-order valence-electron chi connectivity index (χ1n) is 8.83. The van der Waals surface area contributed by atoms with Crippen molar-refractivity contribution >= 4 is 44.5 Å². The van der Waals surface area contributed by atoms with Gasteiger partial charge in [0.15, 0.2) is 0 Å². The number of carbonyl (C=O) groups excluding carboxylic acids is 2. The third kappa shape index (κ3) is 5.05. The molecule has 3 aromatic rings. The van der Waals surface area contributed by atoms with Gasteiger partial charge in [0.2, 0.25) is 10.2 Å². The van der Waals surface area contributed by atoms with Crippen LogP contribution in [0.25, 0.3) is 21.9 Å². The number of hydrogen-bond acceptors (Lipinski definition) is 4. The fourth-order valence-electron chi connectivity index (χ4n) is 2.63. The van der Waals surface area contributed by atoms with Crippen LogP contribution in [-0.4, -0.2) is 10.2 Å². The largest absolute Gasteiger partial charge is 0.282 e. The maximum atomic E-state index is 14.7. The quantitative estimate of drug-likeness (QED) is 0.326. The summed E-state index contributed by atoms with van der Waals surface area (Å²) >= 11 is 2.11. The highest BCUT2D eigenvalue weighted by molar-refractivity contribution is 8.14. The van der Waals surface area contributed by atoms with Gasteiger partial charge < -0.3 is 0 Å².